The molecular weight excluding hydrogens is 560 g/mol. The summed E-state index contributed by atoms with van der Waals surface area (Å²) >= 11 is 0. The Hall–Kier alpha value is -4.54. The van der Waals surface area contributed by atoms with E-state index in [0.717, 1.165) is 0 Å². The van der Waals surface area contributed by atoms with E-state index in [-0.39, 0.29) is 18.8 Å². The van der Waals surface area contributed by atoms with Gasteiger partial charge in [-0.25, -0.2) is 4.79 Å². The van der Waals surface area contributed by atoms with Gasteiger partial charge in [0.1, 0.15) is 12.2 Å². The van der Waals surface area contributed by atoms with Crippen LogP contribution in [0.2, 0.25) is 0 Å². The van der Waals surface area contributed by atoms with E-state index in [9.17, 15) is 28.8 Å². The van der Waals surface area contributed by atoms with Crippen LogP contribution < -0.4 is 0 Å². The maximum atomic E-state index is 14.3. The minimum absolute atomic E-state index is 0.0442. The zero-order valence-corrected chi connectivity index (χ0v) is 25.0. The van der Waals surface area contributed by atoms with Crippen molar-refractivity contribution in [2.45, 2.75) is 65.1 Å². The second kappa shape index (κ2) is 15.6. The standard InChI is InChI=1S/C32H37O11/c1-6-8-19-40-27(36)32(29(38)43-30(3,4)5,28(37)41-20-23-15-11-9-12-16-23)31(22-33,24-17-13-10-14-18-24)26(35)42-21-25(34)39-7-2/h9-18H,6-8,19-21H2,1-5H3. The number of rotatable bonds is 15. The van der Waals surface area contributed by atoms with E-state index in [0.29, 0.717) is 18.4 Å². The third-order valence-electron chi connectivity index (χ3n) is 6.12. The number of benzene rings is 2. The quantitative estimate of drug-likeness (QED) is 0.128. The van der Waals surface area contributed by atoms with Crippen LogP contribution in [0.15, 0.2) is 60.7 Å². The maximum Gasteiger partial charge on any atom is 0.344 e. The first-order chi connectivity index (χ1) is 20.4. The van der Waals surface area contributed by atoms with Crippen molar-refractivity contribution in [1.29, 1.82) is 0 Å². The van der Waals surface area contributed by atoms with Crippen LogP contribution in [-0.4, -0.2) is 61.6 Å². The molecule has 2 aromatic rings. The summed E-state index contributed by atoms with van der Waals surface area (Å²) in [6.45, 7) is 5.94. The average molecular weight is 598 g/mol. The highest BCUT2D eigenvalue weighted by Crippen LogP contribution is 2.46. The Morgan fingerprint density at radius 3 is 1.84 bits per heavy atom. The van der Waals surface area contributed by atoms with Gasteiger partial charge in [0, 0.05) is 0 Å². The van der Waals surface area contributed by atoms with Gasteiger partial charge < -0.3 is 23.7 Å². The van der Waals surface area contributed by atoms with E-state index >= 15 is 0 Å². The molecule has 0 bridgehead atoms. The lowest BCUT2D eigenvalue weighted by atomic mass is 9.59. The van der Waals surface area contributed by atoms with Crippen molar-refractivity contribution < 1.29 is 52.5 Å². The number of hydrogen-bond donors (Lipinski definition) is 0. The molecule has 2 aromatic carbocycles. The predicted octanol–water partition coefficient (Wildman–Crippen LogP) is 3.56. The van der Waals surface area contributed by atoms with Crippen molar-refractivity contribution >= 4 is 36.1 Å². The van der Waals surface area contributed by atoms with Crippen molar-refractivity contribution in [1.82, 2.24) is 0 Å². The van der Waals surface area contributed by atoms with Gasteiger partial charge in [-0.05, 0) is 45.2 Å². The minimum atomic E-state index is -3.45. The lowest BCUT2D eigenvalue weighted by molar-refractivity contribution is -0.199. The van der Waals surface area contributed by atoms with Gasteiger partial charge in [0.15, 0.2) is 12.0 Å². The third kappa shape index (κ3) is 8.06. The molecule has 0 fully saturated rings. The van der Waals surface area contributed by atoms with Crippen molar-refractivity contribution in [2.24, 2.45) is 5.41 Å². The largest absolute Gasteiger partial charge is 0.464 e. The molecule has 0 spiro atoms. The Morgan fingerprint density at radius 2 is 1.30 bits per heavy atom. The second-order valence-corrected chi connectivity index (χ2v) is 10.4. The van der Waals surface area contributed by atoms with Crippen LogP contribution in [0.1, 0.15) is 58.6 Å². The van der Waals surface area contributed by atoms with Crippen LogP contribution in [0.3, 0.4) is 0 Å². The lowest BCUT2D eigenvalue weighted by Gasteiger charge is -2.40. The van der Waals surface area contributed by atoms with Crippen molar-refractivity contribution in [3.8, 4) is 0 Å². The lowest BCUT2D eigenvalue weighted by Crippen LogP contribution is -2.67. The fraction of sp³-hybridized carbons (Fsp3) is 0.438. The summed E-state index contributed by atoms with van der Waals surface area (Å²) in [6, 6.07) is 15.1. The van der Waals surface area contributed by atoms with Crippen LogP contribution in [0.5, 0.6) is 0 Å². The summed E-state index contributed by atoms with van der Waals surface area (Å²) in [5, 5.41) is 0. The molecule has 2 atom stereocenters. The number of carbonyl (C=O) groups excluding carboxylic acids is 6. The summed E-state index contributed by atoms with van der Waals surface area (Å²) in [6.07, 6.45) is 2.36. The first-order valence-electron chi connectivity index (χ1n) is 13.8. The molecule has 0 amide bonds. The molecule has 2 unspecified atom stereocenters. The van der Waals surface area contributed by atoms with Crippen LogP contribution in [0.25, 0.3) is 0 Å². The third-order valence-corrected chi connectivity index (χ3v) is 6.12. The Morgan fingerprint density at radius 1 is 0.721 bits per heavy atom. The van der Waals surface area contributed by atoms with Crippen LogP contribution in [0.4, 0.5) is 0 Å². The van der Waals surface area contributed by atoms with E-state index in [1.165, 1.54) is 64.3 Å². The first-order valence-corrected chi connectivity index (χ1v) is 13.8. The van der Waals surface area contributed by atoms with Gasteiger partial charge in [0.2, 0.25) is 6.29 Å². The van der Waals surface area contributed by atoms with E-state index in [2.05, 4.69) is 0 Å². The zero-order valence-electron chi connectivity index (χ0n) is 25.0. The van der Waals surface area contributed by atoms with Gasteiger partial charge in [-0.1, -0.05) is 74.0 Å². The molecule has 0 aliphatic carbocycles. The van der Waals surface area contributed by atoms with E-state index in [1.54, 1.807) is 30.3 Å². The fourth-order valence-corrected chi connectivity index (χ4v) is 4.10. The maximum absolute atomic E-state index is 14.3. The van der Waals surface area contributed by atoms with Crippen LogP contribution in [0, 0.1) is 5.41 Å². The highest BCUT2D eigenvalue weighted by Gasteiger charge is 2.76. The summed E-state index contributed by atoms with van der Waals surface area (Å²) < 4.78 is 26.3. The molecule has 0 heterocycles. The molecule has 11 heteroatoms. The Labute approximate surface area is 250 Å². The predicted molar refractivity (Wildman–Crippen MR) is 152 cm³/mol. The highest BCUT2D eigenvalue weighted by atomic mass is 16.6. The molecule has 11 nitrogen and oxygen atoms in total. The van der Waals surface area contributed by atoms with Gasteiger partial charge in [0.25, 0.3) is 5.41 Å². The second-order valence-electron chi connectivity index (χ2n) is 10.4. The smallest absolute Gasteiger partial charge is 0.344 e. The SMILES string of the molecule is CCCCOC(=O)C(C(=O)OCc1ccccc1)(C(=O)OC(C)(C)C)C([C]=O)(C(=O)OCC(=O)OCC)c1ccccc1. The van der Waals surface area contributed by atoms with E-state index in [1.807, 2.05) is 6.92 Å². The summed E-state index contributed by atoms with van der Waals surface area (Å²) in [5.41, 5.74) is -7.82. The molecule has 0 N–H and O–H groups in total. The summed E-state index contributed by atoms with van der Waals surface area (Å²) in [7, 11) is 0. The summed E-state index contributed by atoms with van der Waals surface area (Å²) in [4.78, 5) is 82.0. The highest BCUT2D eigenvalue weighted by molar-refractivity contribution is 6.27. The number of ether oxygens (including phenoxy) is 5. The monoisotopic (exact) mass is 597 g/mol. The summed E-state index contributed by atoms with van der Waals surface area (Å²) in [5.74, 6) is -7.43. The van der Waals surface area contributed by atoms with Crippen LogP contribution >= 0.6 is 0 Å². The molecule has 0 saturated carbocycles. The molecule has 0 aliphatic rings. The van der Waals surface area contributed by atoms with Gasteiger partial charge in [-0.15, -0.1) is 0 Å². The molecule has 0 aromatic heterocycles. The normalized spacial score (nSPS) is 13.8. The number of unbranched alkanes of at least 4 members (excludes halogenated alkanes) is 1. The van der Waals surface area contributed by atoms with Crippen molar-refractivity contribution in [3.05, 3.63) is 71.8 Å². The molecule has 2 rings (SSSR count). The minimum Gasteiger partial charge on any atom is -0.464 e. The zero-order chi connectivity index (χ0) is 32.1. The van der Waals surface area contributed by atoms with Crippen LogP contribution in [-0.2, 0) is 64.5 Å². The average Bonchev–Trinajstić information content (AvgIpc) is 2.97. The molecule has 1 radical (unpaired) electrons. The van der Waals surface area contributed by atoms with Crippen molar-refractivity contribution in [3.63, 3.8) is 0 Å². The Kier molecular flexibility index (Phi) is 12.6. The molecule has 0 aliphatic heterocycles. The Balaban J connectivity index is 2.93. The molecule has 0 saturated heterocycles. The molecule has 231 valence electrons. The van der Waals surface area contributed by atoms with Gasteiger partial charge in [-0.2, -0.15) is 0 Å². The number of esters is 5. The van der Waals surface area contributed by atoms with E-state index < -0.39 is 59.5 Å². The molecular formula is C32H37O11. The van der Waals surface area contributed by atoms with Gasteiger partial charge in [0.05, 0.1) is 13.2 Å². The molecule has 43 heavy (non-hydrogen) atoms. The van der Waals surface area contributed by atoms with Gasteiger partial charge in [-0.3, -0.25) is 24.0 Å². The topological polar surface area (TPSA) is 149 Å². The Bertz CT molecular complexity index is 1270. The number of carbonyl (C=O) groups is 5. The van der Waals surface area contributed by atoms with E-state index in [4.69, 9.17) is 23.7 Å². The fourth-order valence-electron chi connectivity index (χ4n) is 4.10. The first kappa shape index (κ1) is 34.7. The van der Waals surface area contributed by atoms with Crippen molar-refractivity contribution in [2.75, 3.05) is 19.8 Å². The van der Waals surface area contributed by atoms with Gasteiger partial charge >= 0.3 is 29.8 Å². The number of hydrogen-bond acceptors (Lipinski definition) is 11.